The van der Waals surface area contributed by atoms with Crippen LogP contribution in [0, 0.1) is 5.41 Å². The van der Waals surface area contributed by atoms with Crippen molar-refractivity contribution in [3.63, 3.8) is 0 Å². The molecular formula is C12H24. The quantitative estimate of drug-likeness (QED) is 0.403. The van der Waals surface area contributed by atoms with E-state index in [0.29, 0.717) is 5.41 Å². The van der Waals surface area contributed by atoms with Crippen molar-refractivity contribution in [2.45, 2.75) is 59.8 Å². The largest absolute Gasteiger partial charge is 0.0880 e. The molecule has 0 spiro atoms. The summed E-state index contributed by atoms with van der Waals surface area (Å²) >= 11 is 0. The Morgan fingerprint density at radius 2 is 1.67 bits per heavy atom. The molecule has 0 unspecified atom stereocenters. The summed E-state index contributed by atoms with van der Waals surface area (Å²) in [4.78, 5) is 0. The van der Waals surface area contributed by atoms with Crippen molar-refractivity contribution in [2.24, 2.45) is 5.41 Å². The van der Waals surface area contributed by atoms with Gasteiger partial charge < -0.3 is 0 Å². The first-order chi connectivity index (χ1) is 5.68. The molecule has 0 aliphatic heterocycles. The van der Waals surface area contributed by atoms with Crippen LogP contribution in [0.3, 0.4) is 0 Å². The molecule has 0 aromatic rings. The van der Waals surface area contributed by atoms with Crippen LogP contribution in [0.25, 0.3) is 0 Å². The molecular weight excluding hydrogens is 144 g/mol. The molecule has 0 rings (SSSR count). The van der Waals surface area contributed by atoms with Gasteiger partial charge in [-0.05, 0) is 24.7 Å². The molecule has 0 aromatic carbocycles. The Balaban J connectivity index is 3.76. The van der Waals surface area contributed by atoms with Gasteiger partial charge in [0.25, 0.3) is 0 Å². The van der Waals surface area contributed by atoms with E-state index in [2.05, 4.69) is 39.8 Å². The van der Waals surface area contributed by atoms with Gasteiger partial charge in [0.05, 0.1) is 0 Å². The lowest BCUT2D eigenvalue weighted by Gasteiger charge is -2.21. The molecule has 0 N–H and O–H groups in total. The minimum absolute atomic E-state index is 0.452. The molecule has 12 heavy (non-hydrogen) atoms. The van der Waals surface area contributed by atoms with Crippen LogP contribution in [-0.4, -0.2) is 0 Å². The molecule has 0 nitrogen and oxygen atoms in total. The first-order valence-corrected chi connectivity index (χ1v) is 5.36. The molecule has 0 saturated heterocycles. The van der Waals surface area contributed by atoms with Crippen molar-refractivity contribution in [3.8, 4) is 0 Å². The average molecular weight is 168 g/mol. The van der Waals surface area contributed by atoms with Gasteiger partial charge in [-0.25, -0.2) is 0 Å². The molecule has 0 bridgehead atoms. The summed E-state index contributed by atoms with van der Waals surface area (Å²) in [7, 11) is 0. The van der Waals surface area contributed by atoms with Crippen molar-refractivity contribution in [1.29, 1.82) is 0 Å². The molecule has 0 fully saturated rings. The van der Waals surface area contributed by atoms with Gasteiger partial charge in [-0.15, -0.1) is 0 Å². The Morgan fingerprint density at radius 1 is 1.08 bits per heavy atom. The second-order valence-corrected chi connectivity index (χ2v) is 3.91. The van der Waals surface area contributed by atoms with Crippen LogP contribution in [0.1, 0.15) is 59.8 Å². The summed E-state index contributed by atoms with van der Waals surface area (Å²) < 4.78 is 0. The van der Waals surface area contributed by atoms with Gasteiger partial charge in [-0.1, -0.05) is 52.7 Å². The fraction of sp³-hybridized carbons (Fsp3) is 0.833. The normalized spacial score (nSPS) is 12.7. The lowest BCUT2D eigenvalue weighted by atomic mass is 9.84. The molecule has 0 aliphatic carbocycles. The summed E-state index contributed by atoms with van der Waals surface area (Å²) in [5.41, 5.74) is 0.452. The van der Waals surface area contributed by atoms with Gasteiger partial charge in [0.2, 0.25) is 0 Å². The van der Waals surface area contributed by atoms with E-state index in [-0.39, 0.29) is 0 Å². The van der Waals surface area contributed by atoms with Crippen LogP contribution >= 0.6 is 0 Å². The van der Waals surface area contributed by atoms with Crippen molar-refractivity contribution >= 4 is 0 Å². The van der Waals surface area contributed by atoms with E-state index < -0.39 is 0 Å². The molecule has 0 amide bonds. The Labute approximate surface area is 78.1 Å². The van der Waals surface area contributed by atoms with Gasteiger partial charge in [0.15, 0.2) is 0 Å². The average Bonchev–Trinajstić information content (AvgIpc) is 2.12. The first-order valence-electron chi connectivity index (χ1n) is 5.36. The summed E-state index contributed by atoms with van der Waals surface area (Å²) in [6.45, 7) is 9.13. The van der Waals surface area contributed by atoms with Crippen LogP contribution in [0.5, 0.6) is 0 Å². The zero-order valence-electron chi connectivity index (χ0n) is 9.19. The van der Waals surface area contributed by atoms with Gasteiger partial charge in [-0.3, -0.25) is 0 Å². The maximum atomic E-state index is 2.41. The molecule has 72 valence electrons. The van der Waals surface area contributed by atoms with E-state index in [1.165, 1.54) is 32.1 Å². The topological polar surface area (TPSA) is 0 Å². The van der Waals surface area contributed by atoms with Crippen molar-refractivity contribution < 1.29 is 0 Å². The summed E-state index contributed by atoms with van der Waals surface area (Å²) in [5.74, 6) is 0. The highest BCUT2D eigenvalue weighted by atomic mass is 14.2. The zero-order valence-corrected chi connectivity index (χ0v) is 9.19. The van der Waals surface area contributed by atoms with E-state index in [1.54, 1.807) is 0 Å². The third-order valence-electron chi connectivity index (χ3n) is 2.86. The predicted molar refractivity (Wildman–Crippen MR) is 57.4 cm³/mol. The number of unbranched alkanes of at least 4 members (excludes halogenated alkanes) is 2. The Kier molecular flexibility index (Phi) is 6.14. The van der Waals surface area contributed by atoms with Crippen LogP contribution in [-0.2, 0) is 0 Å². The fourth-order valence-electron chi connectivity index (χ4n) is 1.18. The van der Waals surface area contributed by atoms with Crippen molar-refractivity contribution in [2.75, 3.05) is 0 Å². The van der Waals surface area contributed by atoms with E-state index in [9.17, 15) is 0 Å². The van der Waals surface area contributed by atoms with Crippen molar-refractivity contribution in [1.82, 2.24) is 0 Å². The second kappa shape index (κ2) is 6.28. The van der Waals surface area contributed by atoms with Gasteiger partial charge in [0, 0.05) is 0 Å². The lowest BCUT2D eigenvalue weighted by molar-refractivity contribution is 0.394. The lowest BCUT2D eigenvalue weighted by Crippen LogP contribution is -2.09. The molecule has 0 radical (unpaired) electrons. The molecule has 0 atom stereocenters. The number of rotatable bonds is 6. The summed E-state index contributed by atoms with van der Waals surface area (Å²) in [6, 6.07) is 0. The van der Waals surface area contributed by atoms with E-state index >= 15 is 0 Å². The third kappa shape index (κ3) is 4.58. The second-order valence-electron chi connectivity index (χ2n) is 3.91. The number of allylic oxidation sites excluding steroid dienone is 2. The SMILES string of the molecule is CCCCC=CC(C)(CC)CC. The molecule has 0 heterocycles. The minimum atomic E-state index is 0.452. The zero-order chi connectivity index (χ0) is 9.45. The highest BCUT2D eigenvalue weighted by Gasteiger charge is 2.14. The number of hydrogen-bond acceptors (Lipinski definition) is 0. The van der Waals surface area contributed by atoms with Crippen molar-refractivity contribution in [3.05, 3.63) is 12.2 Å². The van der Waals surface area contributed by atoms with Gasteiger partial charge in [0.1, 0.15) is 0 Å². The Morgan fingerprint density at radius 3 is 2.08 bits per heavy atom. The van der Waals surface area contributed by atoms with Crippen LogP contribution < -0.4 is 0 Å². The predicted octanol–water partition coefficient (Wildman–Crippen LogP) is 4.56. The maximum absolute atomic E-state index is 2.41. The first kappa shape index (κ1) is 11.7. The third-order valence-corrected chi connectivity index (χ3v) is 2.86. The standard InChI is InChI=1S/C12H24/c1-5-8-9-10-11-12(4,6-2)7-3/h10-11H,5-9H2,1-4H3. The van der Waals surface area contributed by atoms with Gasteiger partial charge in [-0.2, -0.15) is 0 Å². The highest BCUT2D eigenvalue weighted by Crippen LogP contribution is 2.27. The summed E-state index contributed by atoms with van der Waals surface area (Å²) in [5, 5.41) is 0. The van der Waals surface area contributed by atoms with E-state index in [0.717, 1.165) is 0 Å². The minimum Gasteiger partial charge on any atom is -0.0880 e. The van der Waals surface area contributed by atoms with Crippen LogP contribution in [0.4, 0.5) is 0 Å². The molecule has 0 aromatic heterocycles. The number of hydrogen-bond donors (Lipinski definition) is 0. The van der Waals surface area contributed by atoms with Crippen LogP contribution in [0.15, 0.2) is 12.2 Å². The van der Waals surface area contributed by atoms with Crippen LogP contribution in [0.2, 0.25) is 0 Å². The van der Waals surface area contributed by atoms with E-state index in [4.69, 9.17) is 0 Å². The Bertz CT molecular complexity index is 118. The summed E-state index contributed by atoms with van der Waals surface area (Å²) in [6.07, 6.45) is 11.2. The van der Waals surface area contributed by atoms with Gasteiger partial charge >= 0.3 is 0 Å². The maximum Gasteiger partial charge on any atom is -0.0152 e. The smallest absolute Gasteiger partial charge is 0.0152 e. The molecule has 0 aliphatic rings. The molecule has 0 heteroatoms. The Hall–Kier alpha value is -0.260. The molecule has 0 saturated carbocycles. The highest BCUT2D eigenvalue weighted by molar-refractivity contribution is 4.95. The van der Waals surface area contributed by atoms with E-state index in [1.807, 2.05) is 0 Å². The fourth-order valence-corrected chi connectivity index (χ4v) is 1.18. The monoisotopic (exact) mass is 168 g/mol.